The summed E-state index contributed by atoms with van der Waals surface area (Å²) in [4.78, 5) is 0. The van der Waals surface area contributed by atoms with Gasteiger partial charge in [-0.1, -0.05) is 42.5 Å². The molecule has 2 N–H and O–H groups in total. The molecule has 2 rings (SSSR count). The van der Waals surface area contributed by atoms with Crippen molar-refractivity contribution >= 4 is 12.4 Å². The van der Waals surface area contributed by atoms with Crippen LogP contribution in [0.4, 0.5) is 0 Å². The maximum Gasteiger partial charge on any atom is 0.120 e. The summed E-state index contributed by atoms with van der Waals surface area (Å²) in [6, 6.07) is 18.0. The zero-order valence-corrected chi connectivity index (χ0v) is 10.3. The fourth-order valence-electron chi connectivity index (χ4n) is 1.50. The summed E-state index contributed by atoms with van der Waals surface area (Å²) >= 11 is 0. The Bertz CT molecular complexity index is 445. The minimum Gasteiger partial charge on any atom is -0.489 e. The van der Waals surface area contributed by atoms with Gasteiger partial charge >= 0.3 is 0 Å². The van der Waals surface area contributed by atoms with E-state index in [9.17, 15) is 0 Å². The van der Waals surface area contributed by atoms with Crippen LogP contribution in [-0.4, -0.2) is 0 Å². The molecular weight excluding hydrogens is 234 g/mol. The Hall–Kier alpha value is -1.51. The number of benzene rings is 2. The van der Waals surface area contributed by atoms with Crippen molar-refractivity contribution < 1.29 is 4.74 Å². The van der Waals surface area contributed by atoms with Gasteiger partial charge in [0.25, 0.3) is 0 Å². The maximum atomic E-state index is 5.68. The summed E-state index contributed by atoms with van der Waals surface area (Å²) in [5.41, 5.74) is 7.83. The molecule has 0 spiro atoms. The topological polar surface area (TPSA) is 35.2 Å². The third-order valence-corrected chi connectivity index (χ3v) is 2.38. The van der Waals surface area contributed by atoms with Crippen molar-refractivity contribution in [2.75, 3.05) is 0 Å². The van der Waals surface area contributed by atoms with Crippen molar-refractivity contribution in [2.45, 2.75) is 13.2 Å². The second kappa shape index (κ2) is 6.94. The molecule has 0 saturated carbocycles. The number of rotatable bonds is 4. The lowest BCUT2D eigenvalue weighted by Gasteiger charge is -2.07. The van der Waals surface area contributed by atoms with E-state index < -0.39 is 0 Å². The van der Waals surface area contributed by atoms with Crippen molar-refractivity contribution in [3.8, 4) is 5.75 Å². The molecule has 2 nitrogen and oxygen atoms in total. The number of hydrogen-bond acceptors (Lipinski definition) is 2. The highest BCUT2D eigenvalue weighted by Gasteiger charge is 1.96. The Balaban J connectivity index is 0.00000144. The normalized spacial score (nSPS) is 9.47. The summed E-state index contributed by atoms with van der Waals surface area (Å²) < 4.78 is 5.68. The van der Waals surface area contributed by atoms with E-state index in [2.05, 4.69) is 0 Å². The average Bonchev–Trinajstić information content (AvgIpc) is 2.38. The van der Waals surface area contributed by atoms with Crippen LogP contribution in [0.1, 0.15) is 11.1 Å². The first-order chi connectivity index (χ1) is 7.88. The predicted molar refractivity (Wildman–Crippen MR) is 72.4 cm³/mol. The van der Waals surface area contributed by atoms with E-state index in [-0.39, 0.29) is 12.4 Å². The first kappa shape index (κ1) is 13.6. The molecule has 2 aromatic rings. The summed E-state index contributed by atoms with van der Waals surface area (Å²) in [5, 5.41) is 0. The van der Waals surface area contributed by atoms with Gasteiger partial charge < -0.3 is 10.5 Å². The van der Waals surface area contributed by atoms with Crippen LogP contribution in [-0.2, 0) is 13.2 Å². The van der Waals surface area contributed by atoms with Crippen LogP contribution in [0.3, 0.4) is 0 Å². The minimum absolute atomic E-state index is 0. The van der Waals surface area contributed by atoms with Crippen LogP contribution < -0.4 is 10.5 Å². The van der Waals surface area contributed by atoms with Crippen molar-refractivity contribution in [1.29, 1.82) is 0 Å². The molecule has 0 aromatic heterocycles. The van der Waals surface area contributed by atoms with E-state index in [1.54, 1.807) is 0 Å². The van der Waals surface area contributed by atoms with E-state index in [1.807, 2.05) is 54.6 Å². The van der Waals surface area contributed by atoms with Gasteiger partial charge in [0, 0.05) is 6.54 Å². The molecule has 0 fully saturated rings. The maximum absolute atomic E-state index is 5.68. The molecule has 0 aliphatic heterocycles. The second-order valence-electron chi connectivity index (χ2n) is 3.63. The highest BCUT2D eigenvalue weighted by Crippen LogP contribution is 2.14. The lowest BCUT2D eigenvalue weighted by Crippen LogP contribution is -1.98. The Kier molecular flexibility index (Phi) is 5.53. The van der Waals surface area contributed by atoms with Crippen LogP contribution in [0.25, 0.3) is 0 Å². The molecule has 0 amide bonds. The number of hydrogen-bond donors (Lipinski definition) is 1. The molecule has 0 saturated heterocycles. The minimum atomic E-state index is 0. The number of ether oxygens (including phenoxy) is 1. The summed E-state index contributed by atoms with van der Waals surface area (Å²) in [7, 11) is 0. The fourth-order valence-corrected chi connectivity index (χ4v) is 1.50. The van der Waals surface area contributed by atoms with E-state index in [0.717, 1.165) is 11.3 Å². The van der Waals surface area contributed by atoms with E-state index in [1.165, 1.54) is 5.56 Å². The monoisotopic (exact) mass is 249 g/mol. The van der Waals surface area contributed by atoms with Crippen LogP contribution in [0.5, 0.6) is 5.75 Å². The van der Waals surface area contributed by atoms with Crippen LogP contribution in [0.15, 0.2) is 54.6 Å². The third-order valence-electron chi connectivity index (χ3n) is 2.38. The molecule has 0 atom stereocenters. The Morgan fingerprint density at radius 3 is 2.29 bits per heavy atom. The van der Waals surface area contributed by atoms with Gasteiger partial charge in [-0.2, -0.15) is 0 Å². The second-order valence-corrected chi connectivity index (χ2v) is 3.63. The third kappa shape index (κ3) is 4.10. The van der Waals surface area contributed by atoms with Crippen molar-refractivity contribution in [1.82, 2.24) is 0 Å². The van der Waals surface area contributed by atoms with E-state index >= 15 is 0 Å². The van der Waals surface area contributed by atoms with Crippen molar-refractivity contribution in [3.05, 3.63) is 65.7 Å². The Morgan fingerprint density at radius 1 is 0.882 bits per heavy atom. The van der Waals surface area contributed by atoms with E-state index in [0.29, 0.717) is 13.2 Å². The highest BCUT2D eigenvalue weighted by molar-refractivity contribution is 5.85. The summed E-state index contributed by atoms with van der Waals surface area (Å²) in [6.45, 7) is 1.14. The molecular formula is C14H16ClNO. The van der Waals surface area contributed by atoms with Gasteiger partial charge in [-0.3, -0.25) is 0 Å². The first-order valence-electron chi connectivity index (χ1n) is 5.34. The Labute approximate surface area is 108 Å². The van der Waals surface area contributed by atoms with Gasteiger partial charge in [-0.05, 0) is 23.3 Å². The zero-order chi connectivity index (χ0) is 11.2. The van der Waals surface area contributed by atoms with Gasteiger partial charge in [0.05, 0.1) is 0 Å². The largest absolute Gasteiger partial charge is 0.489 e. The lowest BCUT2D eigenvalue weighted by atomic mass is 10.2. The molecule has 0 unspecified atom stereocenters. The van der Waals surface area contributed by atoms with Gasteiger partial charge in [0.1, 0.15) is 12.4 Å². The highest BCUT2D eigenvalue weighted by atomic mass is 35.5. The van der Waals surface area contributed by atoms with Crippen molar-refractivity contribution in [2.24, 2.45) is 5.73 Å². The van der Waals surface area contributed by atoms with Crippen molar-refractivity contribution in [3.63, 3.8) is 0 Å². The van der Waals surface area contributed by atoms with Crippen LogP contribution in [0, 0.1) is 0 Å². The molecule has 0 aliphatic rings. The number of halogens is 1. The average molecular weight is 250 g/mol. The Morgan fingerprint density at radius 2 is 1.59 bits per heavy atom. The molecule has 0 aliphatic carbocycles. The van der Waals surface area contributed by atoms with E-state index in [4.69, 9.17) is 10.5 Å². The zero-order valence-electron chi connectivity index (χ0n) is 9.50. The quantitative estimate of drug-likeness (QED) is 0.904. The lowest BCUT2D eigenvalue weighted by molar-refractivity contribution is 0.306. The SMILES string of the molecule is Cl.NCc1cccc(OCc2ccccc2)c1. The molecule has 0 radical (unpaired) electrons. The van der Waals surface area contributed by atoms with Gasteiger partial charge in [-0.25, -0.2) is 0 Å². The van der Waals surface area contributed by atoms with Gasteiger partial charge in [0.15, 0.2) is 0 Å². The smallest absolute Gasteiger partial charge is 0.120 e. The van der Waals surface area contributed by atoms with Gasteiger partial charge in [0.2, 0.25) is 0 Å². The fraction of sp³-hybridized carbons (Fsp3) is 0.143. The molecule has 2 aromatic carbocycles. The van der Waals surface area contributed by atoms with Crippen LogP contribution in [0.2, 0.25) is 0 Å². The molecule has 0 bridgehead atoms. The summed E-state index contributed by atoms with van der Waals surface area (Å²) in [5.74, 6) is 0.867. The molecule has 17 heavy (non-hydrogen) atoms. The van der Waals surface area contributed by atoms with Crippen LogP contribution >= 0.6 is 12.4 Å². The summed E-state index contributed by atoms with van der Waals surface area (Å²) in [6.07, 6.45) is 0. The molecule has 0 heterocycles. The predicted octanol–water partition coefficient (Wildman–Crippen LogP) is 3.15. The number of nitrogens with two attached hydrogens (primary N) is 1. The molecule has 90 valence electrons. The first-order valence-corrected chi connectivity index (χ1v) is 5.34. The standard InChI is InChI=1S/C14H15NO.ClH/c15-10-13-7-4-8-14(9-13)16-11-12-5-2-1-3-6-12;/h1-9H,10-11,15H2;1H. The molecule has 3 heteroatoms. The van der Waals surface area contributed by atoms with Gasteiger partial charge in [-0.15, -0.1) is 12.4 Å².